The molecule has 1 heterocycles. The number of hydrogen-bond acceptors (Lipinski definition) is 4. The molecule has 130 valence electrons. The molecule has 4 nitrogen and oxygen atoms in total. The molecule has 0 unspecified atom stereocenters. The van der Waals surface area contributed by atoms with Gasteiger partial charge in [0.1, 0.15) is 5.75 Å². The normalized spacial score (nSPS) is 11.4. The number of carbonyl (C=O) groups excluding carboxylic acids is 1. The maximum Gasteiger partial charge on any atom is 0.264 e. The van der Waals surface area contributed by atoms with Gasteiger partial charge in [0.05, 0.1) is 17.6 Å². The fourth-order valence-corrected chi connectivity index (χ4v) is 3.60. The number of hydrogen-bond donors (Lipinski definition) is 1. The van der Waals surface area contributed by atoms with Gasteiger partial charge >= 0.3 is 0 Å². The number of benzene rings is 1. The van der Waals surface area contributed by atoms with Crippen LogP contribution in [-0.4, -0.2) is 41.7 Å². The summed E-state index contributed by atoms with van der Waals surface area (Å²) < 4.78 is 5.19. The second kappa shape index (κ2) is 7.36. The summed E-state index contributed by atoms with van der Waals surface area (Å²) in [6, 6.07) is 9.77. The summed E-state index contributed by atoms with van der Waals surface area (Å²) in [6.07, 6.45) is 0. The van der Waals surface area contributed by atoms with Crippen LogP contribution in [0.1, 0.15) is 35.3 Å². The van der Waals surface area contributed by atoms with E-state index in [4.69, 9.17) is 4.74 Å². The lowest BCUT2D eigenvalue weighted by Crippen LogP contribution is -2.41. The SMILES string of the molecule is CCN(CC(C)(C)O)C(=O)c1cc(-c2ccc(OC)cc2)c(C)s1. The molecule has 0 aliphatic rings. The van der Waals surface area contributed by atoms with E-state index in [0.29, 0.717) is 18.0 Å². The van der Waals surface area contributed by atoms with Gasteiger partial charge in [0.15, 0.2) is 0 Å². The van der Waals surface area contributed by atoms with Crippen LogP contribution in [0.4, 0.5) is 0 Å². The van der Waals surface area contributed by atoms with Gasteiger partial charge in [-0.3, -0.25) is 4.79 Å². The predicted octanol–water partition coefficient (Wildman–Crippen LogP) is 3.97. The number of aryl methyl sites for hydroxylation is 1. The number of carbonyl (C=O) groups is 1. The minimum Gasteiger partial charge on any atom is -0.497 e. The lowest BCUT2D eigenvalue weighted by Gasteiger charge is -2.27. The van der Waals surface area contributed by atoms with Crippen LogP contribution in [-0.2, 0) is 0 Å². The van der Waals surface area contributed by atoms with E-state index < -0.39 is 5.60 Å². The van der Waals surface area contributed by atoms with Gasteiger partial charge in [-0.2, -0.15) is 0 Å². The third-order valence-corrected chi connectivity index (χ3v) is 4.81. The van der Waals surface area contributed by atoms with Gasteiger partial charge in [0.25, 0.3) is 5.91 Å². The molecule has 1 amide bonds. The highest BCUT2D eigenvalue weighted by molar-refractivity contribution is 7.14. The Bertz CT molecular complexity index is 698. The molecule has 0 saturated heterocycles. The summed E-state index contributed by atoms with van der Waals surface area (Å²) in [7, 11) is 1.64. The first kappa shape index (κ1) is 18.5. The van der Waals surface area contributed by atoms with Gasteiger partial charge in [-0.15, -0.1) is 11.3 Å². The van der Waals surface area contributed by atoms with Gasteiger partial charge in [-0.1, -0.05) is 12.1 Å². The molecule has 0 atom stereocenters. The van der Waals surface area contributed by atoms with Crippen molar-refractivity contribution in [3.8, 4) is 16.9 Å². The van der Waals surface area contributed by atoms with Gasteiger partial charge in [0.2, 0.25) is 0 Å². The zero-order valence-electron chi connectivity index (χ0n) is 14.9. The van der Waals surface area contributed by atoms with Crippen molar-refractivity contribution in [1.29, 1.82) is 0 Å². The zero-order valence-corrected chi connectivity index (χ0v) is 15.7. The van der Waals surface area contributed by atoms with Crippen molar-refractivity contribution in [2.24, 2.45) is 0 Å². The Hall–Kier alpha value is -1.85. The molecule has 2 rings (SSSR count). The zero-order chi connectivity index (χ0) is 17.9. The van der Waals surface area contributed by atoms with Gasteiger partial charge < -0.3 is 14.7 Å². The minimum absolute atomic E-state index is 0.0347. The van der Waals surface area contributed by atoms with E-state index in [1.807, 2.05) is 44.2 Å². The van der Waals surface area contributed by atoms with Gasteiger partial charge in [-0.25, -0.2) is 0 Å². The standard InChI is InChI=1S/C19H25NO3S/c1-6-20(12-19(3,4)22)18(21)17-11-16(13(2)24-17)14-7-9-15(23-5)10-8-14/h7-11,22H,6,12H2,1-5H3. The van der Waals surface area contributed by atoms with Crippen LogP contribution in [0.2, 0.25) is 0 Å². The van der Waals surface area contributed by atoms with E-state index in [1.54, 1.807) is 25.9 Å². The molecule has 1 aromatic carbocycles. The van der Waals surface area contributed by atoms with Crippen LogP contribution in [0.25, 0.3) is 11.1 Å². The first-order valence-electron chi connectivity index (χ1n) is 8.01. The predicted molar refractivity (Wildman–Crippen MR) is 98.9 cm³/mol. The van der Waals surface area contributed by atoms with Crippen LogP contribution < -0.4 is 4.74 Å². The van der Waals surface area contributed by atoms with Crippen molar-refractivity contribution in [2.75, 3.05) is 20.2 Å². The maximum atomic E-state index is 12.8. The first-order chi connectivity index (χ1) is 11.2. The Morgan fingerprint density at radius 1 is 1.29 bits per heavy atom. The highest BCUT2D eigenvalue weighted by atomic mass is 32.1. The molecule has 0 radical (unpaired) electrons. The Morgan fingerprint density at radius 2 is 1.92 bits per heavy atom. The van der Waals surface area contributed by atoms with Crippen molar-refractivity contribution in [3.63, 3.8) is 0 Å². The molecule has 2 aromatic rings. The fourth-order valence-electron chi connectivity index (χ4n) is 2.59. The first-order valence-corrected chi connectivity index (χ1v) is 8.83. The van der Waals surface area contributed by atoms with Crippen LogP contribution >= 0.6 is 11.3 Å². The summed E-state index contributed by atoms with van der Waals surface area (Å²) in [5.74, 6) is 0.776. The molecule has 1 aromatic heterocycles. The van der Waals surface area contributed by atoms with E-state index in [1.165, 1.54) is 11.3 Å². The summed E-state index contributed by atoms with van der Waals surface area (Å²) in [5.41, 5.74) is 1.22. The van der Waals surface area contributed by atoms with Crippen molar-refractivity contribution in [3.05, 3.63) is 40.1 Å². The van der Waals surface area contributed by atoms with Crippen LogP contribution in [0, 0.1) is 6.92 Å². The molecule has 24 heavy (non-hydrogen) atoms. The van der Waals surface area contributed by atoms with E-state index in [9.17, 15) is 9.90 Å². The van der Waals surface area contributed by atoms with Crippen LogP contribution in [0.5, 0.6) is 5.75 Å². The molecular weight excluding hydrogens is 322 g/mol. The number of ether oxygens (including phenoxy) is 1. The number of aliphatic hydroxyl groups is 1. The second-order valence-electron chi connectivity index (χ2n) is 6.44. The van der Waals surface area contributed by atoms with Crippen molar-refractivity contribution >= 4 is 17.2 Å². The van der Waals surface area contributed by atoms with E-state index in [2.05, 4.69) is 0 Å². The molecule has 0 aliphatic heterocycles. The Balaban J connectivity index is 2.27. The largest absolute Gasteiger partial charge is 0.497 e. The average molecular weight is 347 g/mol. The topological polar surface area (TPSA) is 49.8 Å². The van der Waals surface area contributed by atoms with Crippen LogP contribution in [0.3, 0.4) is 0 Å². The summed E-state index contributed by atoms with van der Waals surface area (Å²) >= 11 is 1.49. The molecule has 0 spiro atoms. The fraction of sp³-hybridized carbons (Fsp3) is 0.421. The molecule has 0 aliphatic carbocycles. The molecule has 5 heteroatoms. The number of nitrogens with zero attached hydrogens (tertiary/aromatic N) is 1. The van der Waals surface area contributed by atoms with E-state index in [-0.39, 0.29) is 5.91 Å². The maximum absolute atomic E-state index is 12.8. The number of amides is 1. The van der Waals surface area contributed by atoms with Gasteiger partial charge in [0, 0.05) is 18.0 Å². The van der Waals surface area contributed by atoms with E-state index >= 15 is 0 Å². The summed E-state index contributed by atoms with van der Waals surface area (Å²) in [6.45, 7) is 8.26. The number of rotatable bonds is 6. The summed E-state index contributed by atoms with van der Waals surface area (Å²) in [5, 5.41) is 10.00. The van der Waals surface area contributed by atoms with Crippen LogP contribution in [0.15, 0.2) is 30.3 Å². The Kier molecular flexibility index (Phi) is 5.67. The Labute approximate surface area is 147 Å². The van der Waals surface area contributed by atoms with Gasteiger partial charge in [-0.05, 0) is 57.0 Å². The quantitative estimate of drug-likeness (QED) is 0.860. The second-order valence-corrected chi connectivity index (χ2v) is 7.70. The van der Waals surface area contributed by atoms with Crippen molar-refractivity contribution in [2.45, 2.75) is 33.3 Å². The monoisotopic (exact) mass is 347 g/mol. The Morgan fingerprint density at radius 3 is 2.42 bits per heavy atom. The lowest BCUT2D eigenvalue weighted by atomic mass is 10.1. The highest BCUT2D eigenvalue weighted by Gasteiger charge is 2.24. The molecule has 0 bridgehead atoms. The van der Waals surface area contributed by atoms with Crippen molar-refractivity contribution in [1.82, 2.24) is 4.90 Å². The average Bonchev–Trinajstić information content (AvgIpc) is 2.93. The summed E-state index contributed by atoms with van der Waals surface area (Å²) in [4.78, 5) is 16.2. The third-order valence-electron chi connectivity index (χ3n) is 3.78. The number of methoxy groups -OCH3 is 1. The third kappa shape index (κ3) is 4.36. The smallest absolute Gasteiger partial charge is 0.264 e. The van der Waals surface area contributed by atoms with E-state index in [0.717, 1.165) is 21.8 Å². The molecular formula is C19H25NO3S. The molecule has 0 fully saturated rings. The lowest BCUT2D eigenvalue weighted by molar-refractivity contribution is 0.0317. The number of thiophene rings is 1. The molecule has 1 N–H and O–H groups in total. The molecule has 0 saturated carbocycles. The van der Waals surface area contributed by atoms with Crippen molar-refractivity contribution < 1.29 is 14.6 Å². The highest BCUT2D eigenvalue weighted by Crippen LogP contribution is 2.32. The minimum atomic E-state index is -0.906. The number of likely N-dealkylation sites (N-methyl/N-ethyl adjacent to an activating group) is 1.